The molecule has 2 N–H and O–H groups in total. The lowest BCUT2D eigenvalue weighted by Crippen LogP contribution is -2.10. The molecular formula is C15H19N3O. The van der Waals surface area contributed by atoms with Gasteiger partial charge in [-0.1, -0.05) is 13.8 Å². The lowest BCUT2D eigenvalue weighted by atomic mass is 10.1. The molecule has 4 nitrogen and oxygen atoms in total. The molecule has 0 unspecified atom stereocenters. The Morgan fingerprint density at radius 1 is 1.16 bits per heavy atom. The first-order chi connectivity index (χ1) is 9.20. The predicted molar refractivity (Wildman–Crippen MR) is 76.1 cm³/mol. The molecule has 100 valence electrons. The van der Waals surface area contributed by atoms with E-state index in [1.54, 1.807) is 6.20 Å². The largest absolute Gasteiger partial charge is 0.492 e. The van der Waals surface area contributed by atoms with Crippen LogP contribution < -0.4 is 10.5 Å². The van der Waals surface area contributed by atoms with Gasteiger partial charge >= 0.3 is 0 Å². The molecule has 1 aromatic heterocycles. The summed E-state index contributed by atoms with van der Waals surface area (Å²) in [6.07, 6.45) is 1.80. The highest BCUT2D eigenvalue weighted by Gasteiger charge is 2.05. The average molecular weight is 257 g/mol. The molecule has 0 atom stereocenters. The third-order valence-electron chi connectivity index (χ3n) is 2.77. The van der Waals surface area contributed by atoms with E-state index < -0.39 is 0 Å². The van der Waals surface area contributed by atoms with Gasteiger partial charge in [0.25, 0.3) is 0 Å². The zero-order chi connectivity index (χ0) is 13.7. The first-order valence-electron chi connectivity index (χ1n) is 6.47. The van der Waals surface area contributed by atoms with Crippen LogP contribution in [0.15, 0.2) is 36.5 Å². The molecule has 0 saturated heterocycles. The highest BCUT2D eigenvalue weighted by Crippen LogP contribution is 2.20. The molecule has 0 bridgehead atoms. The summed E-state index contributed by atoms with van der Waals surface area (Å²) in [5.74, 6) is 1.96. The van der Waals surface area contributed by atoms with Crippen molar-refractivity contribution in [2.45, 2.75) is 19.8 Å². The second-order valence-electron chi connectivity index (χ2n) is 4.62. The maximum absolute atomic E-state index is 5.44. The van der Waals surface area contributed by atoms with Crippen molar-refractivity contribution < 1.29 is 4.74 Å². The summed E-state index contributed by atoms with van der Waals surface area (Å²) in [6.45, 7) is 5.28. The fourth-order valence-corrected chi connectivity index (χ4v) is 1.71. The Hall–Kier alpha value is -1.94. The molecule has 0 saturated carbocycles. The summed E-state index contributed by atoms with van der Waals surface area (Å²) in [4.78, 5) is 8.87. The molecule has 0 fully saturated rings. The summed E-state index contributed by atoms with van der Waals surface area (Å²) >= 11 is 0. The lowest BCUT2D eigenvalue weighted by Gasteiger charge is -2.07. The van der Waals surface area contributed by atoms with E-state index in [0.717, 1.165) is 22.8 Å². The van der Waals surface area contributed by atoms with Gasteiger partial charge in [0.15, 0.2) is 5.82 Å². The van der Waals surface area contributed by atoms with E-state index in [4.69, 9.17) is 10.5 Å². The van der Waals surface area contributed by atoms with Crippen LogP contribution in [-0.2, 0) is 0 Å². The van der Waals surface area contributed by atoms with E-state index in [-0.39, 0.29) is 0 Å². The van der Waals surface area contributed by atoms with Gasteiger partial charge in [-0.25, -0.2) is 9.97 Å². The predicted octanol–water partition coefficient (Wildman–Crippen LogP) is 2.60. The average Bonchev–Trinajstić information content (AvgIpc) is 2.46. The Labute approximate surface area is 113 Å². The van der Waals surface area contributed by atoms with Crippen LogP contribution in [0.2, 0.25) is 0 Å². The van der Waals surface area contributed by atoms with Crippen LogP contribution >= 0.6 is 0 Å². The number of ether oxygens (including phenoxy) is 1. The van der Waals surface area contributed by atoms with E-state index in [0.29, 0.717) is 19.1 Å². The van der Waals surface area contributed by atoms with Crippen molar-refractivity contribution in [2.75, 3.05) is 13.2 Å². The highest BCUT2D eigenvalue weighted by atomic mass is 16.5. The molecular weight excluding hydrogens is 238 g/mol. The Bertz CT molecular complexity index is 523. The van der Waals surface area contributed by atoms with Crippen LogP contribution in [0.4, 0.5) is 0 Å². The Kier molecular flexibility index (Phi) is 4.47. The molecule has 1 heterocycles. The first kappa shape index (κ1) is 13.5. The standard InChI is InChI=1S/C15H19N3O/c1-11(2)14-7-9-17-15(18-14)12-3-5-13(6-4-12)19-10-8-16/h3-7,9,11H,8,10,16H2,1-2H3. The molecule has 19 heavy (non-hydrogen) atoms. The summed E-state index contributed by atoms with van der Waals surface area (Å²) in [6, 6.07) is 9.70. The molecule has 0 aliphatic carbocycles. The van der Waals surface area contributed by atoms with Crippen LogP contribution in [0, 0.1) is 0 Å². The third-order valence-corrected chi connectivity index (χ3v) is 2.77. The quantitative estimate of drug-likeness (QED) is 0.894. The van der Waals surface area contributed by atoms with Crippen LogP contribution in [-0.4, -0.2) is 23.1 Å². The van der Waals surface area contributed by atoms with Crippen molar-refractivity contribution in [2.24, 2.45) is 5.73 Å². The van der Waals surface area contributed by atoms with Crippen molar-refractivity contribution >= 4 is 0 Å². The van der Waals surface area contributed by atoms with Crippen LogP contribution in [0.1, 0.15) is 25.5 Å². The molecule has 0 amide bonds. The van der Waals surface area contributed by atoms with Crippen molar-refractivity contribution in [3.05, 3.63) is 42.2 Å². The topological polar surface area (TPSA) is 61.0 Å². The maximum Gasteiger partial charge on any atom is 0.159 e. The number of nitrogens with two attached hydrogens (primary N) is 1. The van der Waals surface area contributed by atoms with Gasteiger partial charge in [-0.3, -0.25) is 0 Å². The maximum atomic E-state index is 5.44. The third kappa shape index (κ3) is 3.51. The van der Waals surface area contributed by atoms with Crippen LogP contribution in [0.25, 0.3) is 11.4 Å². The zero-order valence-electron chi connectivity index (χ0n) is 11.3. The summed E-state index contributed by atoms with van der Waals surface area (Å²) in [7, 11) is 0. The Balaban J connectivity index is 2.19. The second kappa shape index (κ2) is 6.29. The summed E-state index contributed by atoms with van der Waals surface area (Å²) in [5.41, 5.74) is 7.44. The molecule has 2 aromatic rings. The number of aromatic nitrogens is 2. The summed E-state index contributed by atoms with van der Waals surface area (Å²) < 4.78 is 5.44. The van der Waals surface area contributed by atoms with Gasteiger partial charge in [-0.05, 0) is 36.2 Å². The van der Waals surface area contributed by atoms with E-state index in [2.05, 4.69) is 23.8 Å². The smallest absolute Gasteiger partial charge is 0.159 e. The first-order valence-corrected chi connectivity index (χ1v) is 6.47. The second-order valence-corrected chi connectivity index (χ2v) is 4.62. The van der Waals surface area contributed by atoms with Gasteiger partial charge < -0.3 is 10.5 Å². The molecule has 1 aromatic carbocycles. The van der Waals surface area contributed by atoms with E-state index in [1.807, 2.05) is 30.3 Å². The fourth-order valence-electron chi connectivity index (χ4n) is 1.71. The van der Waals surface area contributed by atoms with Gasteiger partial charge in [-0.2, -0.15) is 0 Å². The van der Waals surface area contributed by atoms with Crippen LogP contribution in [0.5, 0.6) is 5.75 Å². The van der Waals surface area contributed by atoms with Crippen molar-refractivity contribution in [3.63, 3.8) is 0 Å². The fraction of sp³-hybridized carbons (Fsp3) is 0.333. The molecule has 0 aliphatic heterocycles. The lowest BCUT2D eigenvalue weighted by molar-refractivity contribution is 0.328. The van der Waals surface area contributed by atoms with Crippen molar-refractivity contribution in [3.8, 4) is 17.1 Å². The number of benzene rings is 1. The Morgan fingerprint density at radius 3 is 2.53 bits per heavy atom. The number of nitrogens with zero attached hydrogens (tertiary/aromatic N) is 2. The van der Waals surface area contributed by atoms with E-state index >= 15 is 0 Å². The van der Waals surface area contributed by atoms with Gasteiger partial charge in [0.2, 0.25) is 0 Å². The molecule has 4 heteroatoms. The highest BCUT2D eigenvalue weighted by molar-refractivity contribution is 5.56. The van der Waals surface area contributed by atoms with Gasteiger partial charge in [0.05, 0.1) is 0 Å². The SMILES string of the molecule is CC(C)c1ccnc(-c2ccc(OCCN)cc2)n1. The molecule has 2 rings (SSSR count). The molecule has 0 aliphatic rings. The minimum Gasteiger partial charge on any atom is -0.492 e. The normalized spacial score (nSPS) is 10.7. The Morgan fingerprint density at radius 2 is 1.89 bits per heavy atom. The number of hydrogen-bond acceptors (Lipinski definition) is 4. The van der Waals surface area contributed by atoms with Crippen LogP contribution in [0.3, 0.4) is 0 Å². The molecule has 0 spiro atoms. The van der Waals surface area contributed by atoms with E-state index in [9.17, 15) is 0 Å². The van der Waals surface area contributed by atoms with Crippen molar-refractivity contribution in [1.82, 2.24) is 9.97 Å². The van der Waals surface area contributed by atoms with Gasteiger partial charge in [0.1, 0.15) is 12.4 Å². The van der Waals surface area contributed by atoms with Gasteiger partial charge in [0, 0.05) is 24.0 Å². The summed E-state index contributed by atoms with van der Waals surface area (Å²) in [5, 5.41) is 0. The molecule has 0 radical (unpaired) electrons. The monoisotopic (exact) mass is 257 g/mol. The van der Waals surface area contributed by atoms with E-state index in [1.165, 1.54) is 0 Å². The zero-order valence-corrected chi connectivity index (χ0v) is 11.3. The number of hydrogen-bond donors (Lipinski definition) is 1. The minimum absolute atomic E-state index is 0.397. The number of rotatable bonds is 5. The van der Waals surface area contributed by atoms with Gasteiger partial charge in [-0.15, -0.1) is 0 Å². The minimum atomic E-state index is 0.397. The van der Waals surface area contributed by atoms with Crippen molar-refractivity contribution in [1.29, 1.82) is 0 Å².